The van der Waals surface area contributed by atoms with Crippen molar-refractivity contribution in [1.29, 1.82) is 0 Å². The lowest BCUT2D eigenvalue weighted by Crippen LogP contribution is -2.33. The number of hydrogen-bond donors (Lipinski definition) is 1. The topological polar surface area (TPSA) is 64.0 Å². The molecule has 0 spiro atoms. The van der Waals surface area contributed by atoms with Crippen LogP contribution in [-0.4, -0.2) is 22.0 Å². The molecule has 0 saturated carbocycles. The maximum Gasteiger partial charge on any atom is 0.263 e. The van der Waals surface area contributed by atoms with E-state index in [1.54, 1.807) is 17.4 Å². The van der Waals surface area contributed by atoms with Gasteiger partial charge >= 0.3 is 0 Å². The number of nitrogens with zero attached hydrogens (tertiary/aromatic N) is 2. The lowest BCUT2D eigenvalue weighted by atomic mass is 10.1. The summed E-state index contributed by atoms with van der Waals surface area (Å²) < 4.78 is 1.34. The molecule has 148 valence electrons. The van der Waals surface area contributed by atoms with Gasteiger partial charge < -0.3 is 5.32 Å². The molecule has 0 atom stereocenters. The van der Waals surface area contributed by atoms with E-state index in [-0.39, 0.29) is 18.0 Å². The first-order chi connectivity index (χ1) is 14.0. The standard InChI is InChI=1S/C20H15Cl2N3O2S2/c21-14-4-1-3-12(18(14)22)6-7-23-16(26)9-25-11-24-19-17(20(25)27)13(10-29-19)15-5-2-8-28-15/h1-5,8,10-11H,6-7,9H2,(H,23,26). The normalized spacial score (nSPS) is 11.1. The summed E-state index contributed by atoms with van der Waals surface area (Å²) in [5.74, 6) is -0.265. The molecule has 0 bridgehead atoms. The molecule has 9 heteroatoms. The highest BCUT2D eigenvalue weighted by Gasteiger charge is 2.15. The number of amides is 1. The van der Waals surface area contributed by atoms with Crippen LogP contribution in [0.1, 0.15) is 5.56 Å². The molecular formula is C20H15Cl2N3O2S2. The van der Waals surface area contributed by atoms with Gasteiger partial charge in [-0.2, -0.15) is 0 Å². The van der Waals surface area contributed by atoms with Crippen LogP contribution in [0, 0.1) is 0 Å². The van der Waals surface area contributed by atoms with Gasteiger partial charge in [-0.1, -0.05) is 41.4 Å². The average Bonchev–Trinajstić information content (AvgIpc) is 3.37. The minimum Gasteiger partial charge on any atom is -0.354 e. The number of carbonyl (C=O) groups excluding carboxylic acids is 1. The highest BCUT2D eigenvalue weighted by atomic mass is 35.5. The lowest BCUT2D eigenvalue weighted by Gasteiger charge is -2.09. The second-order valence-electron chi connectivity index (χ2n) is 6.30. The van der Waals surface area contributed by atoms with E-state index in [4.69, 9.17) is 23.2 Å². The Hall–Kier alpha value is -2.19. The van der Waals surface area contributed by atoms with Gasteiger partial charge in [0, 0.05) is 22.4 Å². The molecule has 0 aliphatic rings. The fraction of sp³-hybridized carbons (Fsp3) is 0.150. The number of nitrogens with one attached hydrogen (secondary N) is 1. The Morgan fingerprint density at radius 2 is 2.03 bits per heavy atom. The molecule has 3 aromatic heterocycles. The van der Waals surface area contributed by atoms with Crippen molar-refractivity contribution >= 4 is 62.0 Å². The molecule has 29 heavy (non-hydrogen) atoms. The van der Waals surface area contributed by atoms with Gasteiger partial charge in [-0.15, -0.1) is 22.7 Å². The zero-order valence-electron chi connectivity index (χ0n) is 15.0. The second-order valence-corrected chi connectivity index (χ2v) is 8.89. The molecule has 3 heterocycles. The van der Waals surface area contributed by atoms with Crippen LogP contribution in [0.2, 0.25) is 10.0 Å². The molecule has 4 rings (SSSR count). The first-order valence-corrected chi connectivity index (χ1v) is 11.3. The molecule has 5 nitrogen and oxygen atoms in total. The quantitative estimate of drug-likeness (QED) is 0.444. The summed E-state index contributed by atoms with van der Waals surface area (Å²) >= 11 is 15.2. The molecule has 1 amide bonds. The largest absolute Gasteiger partial charge is 0.354 e. The third kappa shape index (κ3) is 4.23. The summed E-state index contributed by atoms with van der Waals surface area (Å²) in [6, 6.07) is 9.31. The third-order valence-corrected chi connectivity index (χ3v) is 7.06. The molecule has 0 radical (unpaired) electrons. The molecule has 1 aromatic carbocycles. The van der Waals surface area contributed by atoms with Crippen LogP contribution in [0.4, 0.5) is 0 Å². The zero-order valence-corrected chi connectivity index (χ0v) is 18.2. The van der Waals surface area contributed by atoms with Gasteiger partial charge in [0.05, 0.1) is 21.8 Å². The fourth-order valence-electron chi connectivity index (χ4n) is 2.98. The Labute approximate surface area is 184 Å². The first-order valence-electron chi connectivity index (χ1n) is 8.74. The van der Waals surface area contributed by atoms with Gasteiger partial charge in [-0.25, -0.2) is 4.98 Å². The summed E-state index contributed by atoms with van der Waals surface area (Å²) in [6.07, 6.45) is 1.97. The van der Waals surface area contributed by atoms with Crippen molar-refractivity contribution in [2.75, 3.05) is 6.54 Å². The van der Waals surface area contributed by atoms with Gasteiger partial charge in [0.2, 0.25) is 5.91 Å². The summed E-state index contributed by atoms with van der Waals surface area (Å²) in [4.78, 5) is 31.3. The average molecular weight is 464 g/mol. The number of carbonyl (C=O) groups is 1. The third-order valence-electron chi connectivity index (χ3n) is 4.41. The maximum atomic E-state index is 12.9. The van der Waals surface area contributed by atoms with Crippen molar-refractivity contribution in [3.8, 4) is 10.4 Å². The number of fused-ring (bicyclic) bond motifs is 1. The maximum absolute atomic E-state index is 12.9. The van der Waals surface area contributed by atoms with Crippen molar-refractivity contribution in [3.63, 3.8) is 0 Å². The van der Waals surface area contributed by atoms with E-state index in [9.17, 15) is 9.59 Å². The number of rotatable bonds is 6. The number of thiophene rings is 2. The minimum atomic E-state index is -0.265. The predicted molar refractivity (Wildman–Crippen MR) is 120 cm³/mol. The summed E-state index contributed by atoms with van der Waals surface area (Å²) in [5.41, 5.74) is 1.51. The fourth-order valence-corrected chi connectivity index (χ4v) is 5.12. The summed E-state index contributed by atoms with van der Waals surface area (Å²) in [5, 5.41) is 8.25. The number of aromatic nitrogens is 2. The highest BCUT2D eigenvalue weighted by Crippen LogP contribution is 2.33. The van der Waals surface area contributed by atoms with Crippen molar-refractivity contribution in [2.24, 2.45) is 0 Å². The van der Waals surface area contributed by atoms with Crippen molar-refractivity contribution in [2.45, 2.75) is 13.0 Å². The summed E-state index contributed by atoms with van der Waals surface area (Å²) in [6.45, 7) is 0.299. The lowest BCUT2D eigenvalue weighted by molar-refractivity contribution is -0.121. The predicted octanol–water partition coefficient (Wildman–Crippen LogP) is 4.85. The Bertz CT molecular complexity index is 1230. The molecule has 4 aromatic rings. The first kappa shape index (κ1) is 20.1. The Morgan fingerprint density at radius 3 is 2.83 bits per heavy atom. The van der Waals surface area contributed by atoms with Gasteiger partial charge in [0.25, 0.3) is 5.56 Å². The van der Waals surface area contributed by atoms with E-state index in [0.717, 1.165) is 16.0 Å². The molecule has 0 saturated heterocycles. The SMILES string of the molecule is O=C(Cn1cnc2scc(-c3cccs3)c2c1=O)NCCc1cccc(Cl)c1Cl. The molecular weight excluding hydrogens is 449 g/mol. The molecule has 1 N–H and O–H groups in total. The highest BCUT2D eigenvalue weighted by molar-refractivity contribution is 7.18. The van der Waals surface area contributed by atoms with Crippen LogP contribution >= 0.6 is 45.9 Å². The smallest absolute Gasteiger partial charge is 0.263 e. The number of hydrogen-bond acceptors (Lipinski definition) is 5. The number of halogens is 2. The summed E-state index contributed by atoms with van der Waals surface area (Å²) in [7, 11) is 0. The molecule has 0 fully saturated rings. The Kier molecular flexibility index (Phi) is 6.01. The molecule has 0 aliphatic carbocycles. The number of benzene rings is 1. The van der Waals surface area contributed by atoms with Gasteiger partial charge in [0.15, 0.2) is 0 Å². The second kappa shape index (κ2) is 8.67. The van der Waals surface area contributed by atoms with Gasteiger partial charge in [0.1, 0.15) is 11.4 Å². The van der Waals surface area contributed by atoms with Crippen LogP contribution < -0.4 is 10.9 Å². The molecule has 0 aliphatic heterocycles. The minimum absolute atomic E-state index is 0.0925. The van der Waals surface area contributed by atoms with E-state index >= 15 is 0 Å². The van der Waals surface area contributed by atoms with Crippen LogP contribution in [0.3, 0.4) is 0 Å². The monoisotopic (exact) mass is 463 g/mol. The van der Waals surface area contributed by atoms with Crippen molar-refractivity contribution in [1.82, 2.24) is 14.9 Å². The van der Waals surface area contributed by atoms with E-state index in [1.165, 1.54) is 22.2 Å². The van der Waals surface area contributed by atoms with Gasteiger partial charge in [-0.05, 0) is 29.5 Å². The van der Waals surface area contributed by atoms with E-state index in [1.807, 2.05) is 35.0 Å². The van der Waals surface area contributed by atoms with E-state index < -0.39 is 0 Å². The molecule has 0 unspecified atom stereocenters. The van der Waals surface area contributed by atoms with Crippen molar-refractivity contribution in [3.05, 3.63) is 73.4 Å². The Morgan fingerprint density at radius 1 is 1.17 bits per heavy atom. The van der Waals surface area contributed by atoms with Crippen LogP contribution in [0.15, 0.2) is 52.2 Å². The van der Waals surface area contributed by atoms with Crippen LogP contribution in [-0.2, 0) is 17.8 Å². The van der Waals surface area contributed by atoms with E-state index in [0.29, 0.717) is 33.2 Å². The van der Waals surface area contributed by atoms with Gasteiger partial charge in [-0.3, -0.25) is 14.2 Å². The Balaban J connectivity index is 1.47. The van der Waals surface area contributed by atoms with Crippen LogP contribution in [0.25, 0.3) is 20.7 Å². The zero-order chi connectivity index (χ0) is 20.4. The van der Waals surface area contributed by atoms with Crippen molar-refractivity contribution < 1.29 is 4.79 Å². The van der Waals surface area contributed by atoms with E-state index in [2.05, 4.69) is 10.3 Å². The van der Waals surface area contributed by atoms with Crippen LogP contribution in [0.5, 0.6) is 0 Å².